The van der Waals surface area contributed by atoms with E-state index in [1.807, 2.05) is 11.8 Å². The van der Waals surface area contributed by atoms with Crippen LogP contribution in [0.2, 0.25) is 0 Å². The molecule has 2 N–H and O–H groups in total. The van der Waals surface area contributed by atoms with E-state index in [0.717, 1.165) is 12.1 Å². The maximum Gasteiger partial charge on any atom is 0.269 e. The normalized spacial score (nSPS) is 11.8. The molecule has 0 saturated heterocycles. The predicted molar refractivity (Wildman–Crippen MR) is 101 cm³/mol. The van der Waals surface area contributed by atoms with Crippen LogP contribution in [0.25, 0.3) is 0 Å². The minimum atomic E-state index is -0.580. The van der Waals surface area contributed by atoms with Crippen LogP contribution in [0.15, 0.2) is 42.5 Å². The van der Waals surface area contributed by atoms with Crippen LogP contribution in [0.3, 0.4) is 0 Å². The first-order chi connectivity index (χ1) is 13.3. The number of hydrogen-bond donors (Lipinski definition) is 2. The van der Waals surface area contributed by atoms with Crippen molar-refractivity contribution in [2.75, 3.05) is 13.7 Å². The molecular formula is C20H23F2N3O3. The number of carbonyl (C=O) groups excluding carboxylic acids is 2. The summed E-state index contributed by atoms with van der Waals surface area (Å²) in [4.78, 5) is 26.2. The molecule has 28 heavy (non-hydrogen) atoms. The Bertz CT molecular complexity index is 828. The fraction of sp³-hybridized carbons (Fsp3) is 0.300. The van der Waals surface area contributed by atoms with Gasteiger partial charge in [-0.3, -0.25) is 25.3 Å². The van der Waals surface area contributed by atoms with Crippen LogP contribution in [0.4, 0.5) is 8.78 Å². The Kier molecular flexibility index (Phi) is 7.45. The van der Waals surface area contributed by atoms with E-state index < -0.39 is 29.5 Å². The van der Waals surface area contributed by atoms with Gasteiger partial charge < -0.3 is 4.74 Å². The Labute approximate surface area is 162 Å². The summed E-state index contributed by atoms with van der Waals surface area (Å²) in [6, 6.07) is 9.00. The highest BCUT2D eigenvalue weighted by atomic mass is 19.1. The number of rotatable bonds is 7. The molecule has 2 rings (SSSR count). The molecular weight excluding hydrogens is 368 g/mol. The van der Waals surface area contributed by atoms with E-state index in [9.17, 15) is 18.4 Å². The summed E-state index contributed by atoms with van der Waals surface area (Å²) in [5.74, 6) is -1.75. The summed E-state index contributed by atoms with van der Waals surface area (Å²) < 4.78 is 31.7. The number of benzene rings is 2. The molecule has 0 radical (unpaired) electrons. The van der Waals surface area contributed by atoms with Gasteiger partial charge in [-0.25, -0.2) is 8.78 Å². The molecule has 0 aliphatic rings. The number of amides is 2. The fourth-order valence-corrected chi connectivity index (χ4v) is 2.63. The molecule has 0 fully saturated rings. The number of nitrogens with one attached hydrogen (secondary N) is 2. The molecule has 0 unspecified atom stereocenters. The first kappa shape index (κ1) is 21.3. The third-order valence-electron chi connectivity index (χ3n) is 4.34. The zero-order valence-corrected chi connectivity index (χ0v) is 16.0. The highest BCUT2D eigenvalue weighted by molar-refractivity contribution is 5.95. The smallest absolute Gasteiger partial charge is 0.269 e. The van der Waals surface area contributed by atoms with Crippen LogP contribution in [-0.2, 0) is 11.3 Å². The maximum absolute atomic E-state index is 13.9. The highest BCUT2D eigenvalue weighted by Crippen LogP contribution is 2.19. The van der Waals surface area contributed by atoms with Gasteiger partial charge in [0.25, 0.3) is 11.8 Å². The lowest BCUT2D eigenvalue weighted by Crippen LogP contribution is -2.51. The van der Waals surface area contributed by atoms with Gasteiger partial charge in [0.05, 0.1) is 13.2 Å². The Morgan fingerprint density at radius 1 is 1.11 bits per heavy atom. The first-order valence-electron chi connectivity index (χ1n) is 8.78. The average molecular weight is 391 g/mol. The van der Waals surface area contributed by atoms with Crippen molar-refractivity contribution in [3.63, 3.8) is 0 Å². The number of halogens is 2. The number of nitrogens with zero attached hydrogens (tertiary/aromatic N) is 1. The van der Waals surface area contributed by atoms with E-state index in [1.54, 1.807) is 13.0 Å². The molecule has 6 nitrogen and oxygen atoms in total. The summed E-state index contributed by atoms with van der Waals surface area (Å²) in [5.41, 5.74) is 5.57. The van der Waals surface area contributed by atoms with Crippen molar-refractivity contribution in [3.8, 4) is 5.75 Å². The molecule has 2 aromatic carbocycles. The molecule has 0 bridgehead atoms. The lowest BCUT2D eigenvalue weighted by molar-refractivity contribution is -0.126. The van der Waals surface area contributed by atoms with E-state index in [2.05, 4.69) is 10.9 Å². The van der Waals surface area contributed by atoms with E-state index in [-0.39, 0.29) is 11.3 Å². The number of hydrogen-bond acceptors (Lipinski definition) is 4. The van der Waals surface area contributed by atoms with Crippen molar-refractivity contribution in [2.24, 2.45) is 0 Å². The molecule has 0 aliphatic carbocycles. The Morgan fingerprint density at radius 2 is 1.79 bits per heavy atom. The second kappa shape index (κ2) is 9.80. The minimum Gasteiger partial charge on any atom is -0.494 e. The van der Waals surface area contributed by atoms with Crippen molar-refractivity contribution in [1.82, 2.24) is 15.8 Å². The van der Waals surface area contributed by atoms with Crippen molar-refractivity contribution in [1.29, 1.82) is 0 Å². The fourth-order valence-electron chi connectivity index (χ4n) is 2.63. The van der Waals surface area contributed by atoms with Gasteiger partial charge in [-0.05, 0) is 55.4 Å². The summed E-state index contributed by atoms with van der Waals surface area (Å²) in [5, 5.41) is 0. The number of likely N-dealkylation sites (N-methyl/N-ethyl adjacent to an activating group) is 1. The SMILES string of the molecule is CCN(Cc1ccc(OC)c(F)c1)[C@H](C)C(=O)NNC(=O)c1ccc(F)cc1. The molecule has 2 amide bonds. The van der Waals surface area contributed by atoms with Gasteiger partial charge in [0.15, 0.2) is 11.6 Å². The van der Waals surface area contributed by atoms with E-state index in [0.29, 0.717) is 18.7 Å². The van der Waals surface area contributed by atoms with Gasteiger partial charge in [-0.15, -0.1) is 0 Å². The van der Waals surface area contributed by atoms with E-state index >= 15 is 0 Å². The summed E-state index contributed by atoms with van der Waals surface area (Å²) >= 11 is 0. The lowest BCUT2D eigenvalue weighted by Gasteiger charge is -2.27. The second-order valence-corrected chi connectivity index (χ2v) is 6.16. The molecule has 2 aromatic rings. The monoisotopic (exact) mass is 391 g/mol. The largest absolute Gasteiger partial charge is 0.494 e. The van der Waals surface area contributed by atoms with Crippen LogP contribution in [0, 0.1) is 11.6 Å². The van der Waals surface area contributed by atoms with Crippen LogP contribution < -0.4 is 15.6 Å². The van der Waals surface area contributed by atoms with Gasteiger partial charge in [0, 0.05) is 12.1 Å². The van der Waals surface area contributed by atoms with E-state index in [1.165, 1.54) is 31.4 Å². The molecule has 0 spiro atoms. The number of carbonyl (C=O) groups is 2. The highest BCUT2D eigenvalue weighted by Gasteiger charge is 2.21. The Hall–Kier alpha value is -3.00. The zero-order valence-electron chi connectivity index (χ0n) is 16.0. The van der Waals surface area contributed by atoms with Crippen molar-refractivity contribution in [3.05, 3.63) is 65.2 Å². The van der Waals surface area contributed by atoms with Crippen LogP contribution >= 0.6 is 0 Å². The quantitative estimate of drug-likeness (QED) is 0.712. The number of hydrazine groups is 1. The van der Waals surface area contributed by atoms with Gasteiger partial charge in [0.2, 0.25) is 0 Å². The maximum atomic E-state index is 13.9. The molecule has 1 atom stereocenters. The standard InChI is InChI=1S/C20H23F2N3O3/c1-4-25(12-14-5-10-18(28-3)17(22)11-14)13(2)19(26)23-24-20(27)15-6-8-16(21)9-7-15/h5-11,13H,4,12H2,1-3H3,(H,23,26)(H,24,27)/t13-/m1/s1. The van der Waals surface area contributed by atoms with Crippen molar-refractivity contribution < 1.29 is 23.1 Å². The van der Waals surface area contributed by atoms with Gasteiger partial charge in [0.1, 0.15) is 5.82 Å². The Morgan fingerprint density at radius 3 is 2.36 bits per heavy atom. The molecule has 150 valence electrons. The average Bonchev–Trinajstić information content (AvgIpc) is 2.70. The summed E-state index contributed by atoms with van der Waals surface area (Å²) in [7, 11) is 1.39. The predicted octanol–water partition coefficient (Wildman–Crippen LogP) is 2.65. The van der Waals surface area contributed by atoms with Crippen LogP contribution in [0.5, 0.6) is 5.75 Å². The zero-order chi connectivity index (χ0) is 20.7. The third kappa shape index (κ3) is 5.50. The molecule has 0 saturated carbocycles. The van der Waals surface area contributed by atoms with Crippen molar-refractivity contribution in [2.45, 2.75) is 26.4 Å². The molecule has 0 aromatic heterocycles. The minimum absolute atomic E-state index is 0.154. The van der Waals surface area contributed by atoms with Crippen LogP contribution in [0.1, 0.15) is 29.8 Å². The topological polar surface area (TPSA) is 70.7 Å². The van der Waals surface area contributed by atoms with Gasteiger partial charge in [-0.1, -0.05) is 13.0 Å². The summed E-state index contributed by atoms with van der Waals surface area (Å²) in [6.45, 7) is 4.44. The number of methoxy groups -OCH3 is 1. The van der Waals surface area contributed by atoms with Gasteiger partial charge in [-0.2, -0.15) is 0 Å². The Balaban J connectivity index is 1.94. The molecule has 0 heterocycles. The number of ether oxygens (including phenoxy) is 1. The van der Waals surface area contributed by atoms with Crippen molar-refractivity contribution >= 4 is 11.8 Å². The third-order valence-corrected chi connectivity index (χ3v) is 4.34. The van der Waals surface area contributed by atoms with Gasteiger partial charge >= 0.3 is 0 Å². The first-order valence-corrected chi connectivity index (χ1v) is 8.78. The van der Waals surface area contributed by atoms with E-state index in [4.69, 9.17) is 4.74 Å². The summed E-state index contributed by atoms with van der Waals surface area (Å²) in [6.07, 6.45) is 0. The second-order valence-electron chi connectivity index (χ2n) is 6.16. The lowest BCUT2D eigenvalue weighted by atomic mass is 10.1. The molecule has 0 aliphatic heterocycles. The molecule has 8 heteroatoms. The van der Waals surface area contributed by atoms with Crippen LogP contribution in [-0.4, -0.2) is 36.4 Å².